The standard InChI is InChI=1S/C30H40N2O7/c1-32-28(22-30(33)34)24-8-6-23(7-9-24)25-10-11-29(27-5-3-2-4-26(25)27)39-21-20-38-19-18-37-17-16-36-15-14-35-13-12-31/h2-11,28,32H,12-22,31H2,1H3,(H,33,34). The third kappa shape index (κ3) is 10.2. The quantitative estimate of drug-likeness (QED) is 0.184. The van der Waals surface area contributed by atoms with Gasteiger partial charge in [0, 0.05) is 18.0 Å². The number of aliphatic carboxylic acids is 1. The van der Waals surface area contributed by atoms with E-state index in [2.05, 4.69) is 17.4 Å². The molecule has 0 radical (unpaired) electrons. The molecule has 0 saturated heterocycles. The van der Waals surface area contributed by atoms with E-state index in [1.54, 1.807) is 7.05 Å². The fourth-order valence-corrected chi connectivity index (χ4v) is 4.16. The number of carboxylic acids is 1. The van der Waals surface area contributed by atoms with Crippen molar-refractivity contribution in [2.45, 2.75) is 12.5 Å². The predicted molar refractivity (Wildman–Crippen MR) is 151 cm³/mol. The molecule has 0 bridgehead atoms. The van der Waals surface area contributed by atoms with Crippen molar-refractivity contribution in [2.24, 2.45) is 5.73 Å². The Morgan fingerprint density at radius 2 is 1.33 bits per heavy atom. The van der Waals surface area contributed by atoms with Gasteiger partial charge in [-0.15, -0.1) is 0 Å². The molecule has 3 aromatic carbocycles. The molecule has 9 heteroatoms. The summed E-state index contributed by atoms with van der Waals surface area (Å²) in [6, 6.07) is 20.0. The van der Waals surface area contributed by atoms with Crippen LogP contribution in [0, 0.1) is 0 Å². The predicted octanol–water partition coefficient (Wildman–Crippen LogP) is 3.65. The maximum atomic E-state index is 11.2. The van der Waals surface area contributed by atoms with E-state index in [0.29, 0.717) is 66.0 Å². The van der Waals surface area contributed by atoms with E-state index in [-0.39, 0.29) is 12.5 Å². The minimum Gasteiger partial charge on any atom is -0.491 e. The van der Waals surface area contributed by atoms with Crippen LogP contribution in [0.15, 0.2) is 60.7 Å². The number of nitrogens with one attached hydrogen (secondary N) is 1. The molecule has 0 aromatic heterocycles. The van der Waals surface area contributed by atoms with E-state index in [0.717, 1.165) is 33.2 Å². The first-order chi connectivity index (χ1) is 19.1. The fourth-order valence-electron chi connectivity index (χ4n) is 4.16. The number of rotatable bonds is 20. The van der Waals surface area contributed by atoms with Crippen molar-refractivity contribution < 1.29 is 33.6 Å². The summed E-state index contributed by atoms with van der Waals surface area (Å²) in [5.74, 6) is -0.0314. The molecule has 3 aromatic rings. The summed E-state index contributed by atoms with van der Waals surface area (Å²) in [6.07, 6.45) is 0.0307. The van der Waals surface area contributed by atoms with Gasteiger partial charge < -0.3 is 39.8 Å². The van der Waals surface area contributed by atoms with Crippen molar-refractivity contribution in [2.75, 3.05) is 73.1 Å². The zero-order valence-electron chi connectivity index (χ0n) is 22.6. The summed E-state index contributed by atoms with van der Waals surface area (Å²) in [5, 5.41) is 14.3. The second-order valence-corrected chi connectivity index (χ2v) is 8.80. The number of carboxylic acid groups (broad SMARTS) is 1. The summed E-state index contributed by atoms with van der Waals surface area (Å²) in [7, 11) is 1.77. The van der Waals surface area contributed by atoms with Crippen molar-refractivity contribution in [1.29, 1.82) is 0 Å². The van der Waals surface area contributed by atoms with E-state index >= 15 is 0 Å². The lowest BCUT2D eigenvalue weighted by atomic mass is 9.95. The highest BCUT2D eigenvalue weighted by atomic mass is 16.6. The largest absolute Gasteiger partial charge is 0.491 e. The van der Waals surface area contributed by atoms with Gasteiger partial charge >= 0.3 is 5.97 Å². The Morgan fingerprint density at radius 1 is 0.769 bits per heavy atom. The van der Waals surface area contributed by atoms with Crippen LogP contribution in [0.2, 0.25) is 0 Å². The van der Waals surface area contributed by atoms with Crippen molar-refractivity contribution in [3.05, 3.63) is 66.2 Å². The number of carbonyl (C=O) groups is 1. The Morgan fingerprint density at radius 3 is 1.90 bits per heavy atom. The number of fused-ring (bicyclic) bond motifs is 1. The van der Waals surface area contributed by atoms with Crippen molar-refractivity contribution in [3.63, 3.8) is 0 Å². The average molecular weight is 541 g/mol. The van der Waals surface area contributed by atoms with Gasteiger partial charge in [0.25, 0.3) is 0 Å². The van der Waals surface area contributed by atoms with Crippen LogP contribution in [0.4, 0.5) is 0 Å². The van der Waals surface area contributed by atoms with E-state index in [9.17, 15) is 4.79 Å². The first-order valence-electron chi connectivity index (χ1n) is 13.3. The summed E-state index contributed by atoms with van der Waals surface area (Å²) < 4.78 is 27.8. The molecule has 4 N–H and O–H groups in total. The number of ether oxygens (including phenoxy) is 5. The zero-order chi connectivity index (χ0) is 27.7. The number of benzene rings is 3. The van der Waals surface area contributed by atoms with Crippen LogP contribution in [0.3, 0.4) is 0 Å². The lowest BCUT2D eigenvalue weighted by Gasteiger charge is -2.16. The maximum Gasteiger partial charge on any atom is 0.305 e. The van der Waals surface area contributed by atoms with Gasteiger partial charge in [-0.2, -0.15) is 0 Å². The van der Waals surface area contributed by atoms with Gasteiger partial charge in [-0.05, 0) is 35.2 Å². The molecule has 1 unspecified atom stereocenters. The lowest BCUT2D eigenvalue weighted by molar-refractivity contribution is -0.137. The molecule has 0 fully saturated rings. The van der Waals surface area contributed by atoms with Crippen molar-refractivity contribution in [3.8, 4) is 16.9 Å². The zero-order valence-corrected chi connectivity index (χ0v) is 22.6. The number of hydrogen-bond acceptors (Lipinski definition) is 8. The minimum absolute atomic E-state index is 0.0307. The molecule has 0 amide bonds. The van der Waals surface area contributed by atoms with E-state index < -0.39 is 5.97 Å². The second-order valence-electron chi connectivity index (χ2n) is 8.80. The van der Waals surface area contributed by atoms with Crippen LogP contribution in [0.25, 0.3) is 21.9 Å². The van der Waals surface area contributed by atoms with E-state index in [4.69, 9.17) is 34.5 Å². The Hall–Kier alpha value is -3.05. The minimum atomic E-state index is -0.832. The van der Waals surface area contributed by atoms with Gasteiger partial charge in [-0.3, -0.25) is 4.79 Å². The fraction of sp³-hybridized carbons (Fsp3) is 0.433. The molecular formula is C30H40N2O7. The van der Waals surface area contributed by atoms with Gasteiger partial charge in [-0.1, -0.05) is 54.6 Å². The molecule has 0 saturated carbocycles. The van der Waals surface area contributed by atoms with Crippen LogP contribution in [0.5, 0.6) is 5.75 Å². The second kappa shape index (κ2) is 17.5. The Kier molecular flexibility index (Phi) is 13.7. The topological polar surface area (TPSA) is 122 Å². The molecule has 0 aliphatic carbocycles. The molecule has 0 heterocycles. The monoisotopic (exact) mass is 540 g/mol. The van der Waals surface area contributed by atoms with Crippen molar-refractivity contribution >= 4 is 16.7 Å². The smallest absolute Gasteiger partial charge is 0.305 e. The normalized spacial score (nSPS) is 12.1. The maximum absolute atomic E-state index is 11.2. The Labute approximate surface area is 230 Å². The number of hydrogen-bond donors (Lipinski definition) is 3. The summed E-state index contributed by atoms with van der Waals surface area (Å²) >= 11 is 0. The summed E-state index contributed by atoms with van der Waals surface area (Å²) in [5.41, 5.74) is 8.43. The van der Waals surface area contributed by atoms with Crippen molar-refractivity contribution in [1.82, 2.24) is 5.32 Å². The first-order valence-corrected chi connectivity index (χ1v) is 13.3. The van der Waals surface area contributed by atoms with Gasteiger partial charge in [-0.25, -0.2) is 0 Å². The van der Waals surface area contributed by atoms with Gasteiger partial charge in [0.1, 0.15) is 12.4 Å². The van der Waals surface area contributed by atoms with E-state index in [1.165, 1.54) is 0 Å². The summed E-state index contributed by atoms with van der Waals surface area (Å²) in [6.45, 7) is 5.03. The molecule has 1 atom stereocenters. The molecule has 0 spiro atoms. The van der Waals surface area contributed by atoms with Crippen LogP contribution in [0.1, 0.15) is 18.0 Å². The highest BCUT2D eigenvalue weighted by Crippen LogP contribution is 2.35. The first kappa shape index (κ1) is 30.5. The third-order valence-corrected chi connectivity index (χ3v) is 6.10. The highest BCUT2D eigenvalue weighted by Gasteiger charge is 2.14. The Balaban J connectivity index is 1.44. The van der Waals surface area contributed by atoms with Crippen LogP contribution in [-0.2, 0) is 23.7 Å². The van der Waals surface area contributed by atoms with Crippen LogP contribution in [-0.4, -0.2) is 84.1 Å². The molecule has 9 nitrogen and oxygen atoms in total. The molecule has 0 aliphatic heterocycles. The molecule has 3 rings (SSSR count). The van der Waals surface area contributed by atoms with Crippen LogP contribution < -0.4 is 15.8 Å². The average Bonchev–Trinajstić information content (AvgIpc) is 2.96. The molecule has 212 valence electrons. The number of nitrogens with two attached hydrogens (primary N) is 1. The SMILES string of the molecule is CNC(CC(=O)O)c1ccc(-c2ccc(OCCOCCOCCOCCOCCN)c3ccccc23)cc1. The Bertz CT molecular complexity index is 1120. The summed E-state index contributed by atoms with van der Waals surface area (Å²) in [4.78, 5) is 11.2. The molecule has 0 aliphatic rings. The van der Waals surface area contributed by atoms with Gasteiger partial charge in [0.05, 0.1) is 59.3 Å². The van der Waals surface area contributed by atoms with Gasteiger partial charge in [0.2, 0.25) is 0 Å². The highest BCUT2D eigenvalue weighted by molar-refractivity contribution is 6.00. The lowest BCUT2D eigenvalue weighted by Crippen LogP contribution is -2.19. The third-order valence-electron chi connectivity index (χ3n) is 6.10. The van der Waals surface area contributed by atoms with Gasteiger partial charge in [0.15, 0.2) is 0 Å². The molecular weight excluding hydrogens is 500 g/mol. The van der Waals surface area contributed by atoms with E-state index in [1.807, 2.05) is 48.5 Å². The molecule has 39 heavy (non-hydrogen) atoms. The van der Waals surface area contributed by atoms with Crippen LogP contribution >= 0.6 is 0 Å².